The number of aliphatic hydroxyl groups excluding tert-OH is 2. The van der Waals surface area contributed by atoms with Crippen molar-refractivity contribution in [1.82, 2.24) is 4.90 Å². The summed E-state index contributed by atoms with van der Waals surface area (Å²) in [7, 11) is 6.84. The summed E-state index contributed by atoms with van der Waals surface area (Å²) in [5.41, 5.74) is 5.32. The molecule has 0 heterocycles. The van der Waals surface area contributed by atoms with Crippen molar-refractivity contribution >= 4 is 28.9 Å². The van der Waals surface area contributed by atoms with Crippen molar-refractivity contribution in [3.63, 3.8) is 0 Å². The van der Waals surface area contributed by atoms with E-state index in [2.05, 4.69) is 20.8 Å². The second kappa shape index (κ2) is 9.96. The lowest BCUT2D eigenvalue weighted by Gasteiger charge is -2.50. The minimum atomic E-state index is -2.68. The van der Waals surface area contributed by atoms with Crippen LogP contribution in [-0.4, -0.2) is 82.6 Å². The Morgan fingerprint density at radius 3 is 2.14 bits per heavy atom. The highest BCUT2D eigenvalue weighted by Crippen LogP contribution is 2.55. The zero-order valence-corrected chi connectivity index (χ0v) is 25.5. The molecular formula is C33H39N3O7. The number of fused-ring (bicyclic) bond motifs is 3. The maximum atomic E-state index is 14.2. The normalized spacial score (nSPS) is 25.5. The Labute approximate surface area is 250 Å². The number of hydrogen-bond donors (Lipinski definition) is 5. The molecule has 43 heavy (non-hydrogen) atoms. The molecule has 0 saturated heterocycles. The van der Waals surface area contributed by atoms with Crippen LogP contribution < -0.4 is 10.6 Å². The molecule has 3 aliphatic rings. The van der Waals surface area contributed by atoms with Crippen molar-refractivity contribution in [3.05, 3.63) is 63.9 Å². The number of phenols is 1. The molecule has 0 bridgehead atoms. The van der Waals surface area contributed by atoms with E-state index in [9.17, 15) is 34.8 Å². The lowest BCUT2D eigenvalue weighted by molar-refractivity contribution is -0.153. The summed E-state index contributed by atoms with van der Waals surface area (Å²) in [4.78, 5) is 43.0. The van der Waals surface area contributed by atoms with Gasteiger partial charge in [-0.2, -0.15) is 0 Å². The standard InChI is InChI=1S/C33H39N3O7/c1-32(2,3)17-10-8-15(9-11-17)18-14-21(35(4)5)19-12-16-13-20-25(36(6)7)28(39)24(31(34)42)30(41)33(20,43)29(40)22(16)27(38)23(19)26(18)37/h8-11,14,16,20,25,37-38,41,43H,12-13H2,1-7H3,(H2,34,42)/t16-,20+,25-,33-/m0/s1. The molecule has 3 aliphatic carbocycles. The third kappa shape index (κ3) is 4.34. The number of anilines is 1. The number of aromatic hydroxyl groups is 1. The van der Waals surface area contributed by atoms with E-state index in [0.29, 0.717) is 16.7 Å². The van der Waals surface area contributed by atoms with Gasteiger partial charge in [0.25, 0.3) is 5.91 Å². The second-order valence-corrected chi connectivity index (χ2v) is 13.3. The monoisotopic (exact) mass is 589 g/mol. The Kier molecular flexibility index (Phi) is 7.02. The molecule has 228 valence electrons. The van der Waals surface area contributed by atoms with Gasteiger partial charge < -0.3 is 31.1 Å². The fraction of sp³-hybridized carbons (Fsp3) is 0.424. The van der Waals surface area contributed by atoms with E-state index in [-0.39, 0.29) is 35.1 Å². The van der Waals surface area contributed by atoms with Crippen molar-refractivity contribution in [2.75, 3.05) is 33.1 Å². The number of amides is 1. The number of nitrogens with two attached hydrogens (primary N) is 1. The van der Waals surface area contributed by atoms with E-state index in [1.807, 2.05) is 49.3 Å². The minimum Gasteiger partial charge on any atom is -0.508 e. The quantitative estimate of drug-likeness (QED) is 0.337. The van der Waals surface area contributed by atoms with Gasteiger partial charge in [-0.25, -0.2) is 0 Å². The van der Waals surface area contributed by atoms with Crippen molar-refractivity contribution in [2.24, 2.45) is 17.6 Å². The van der Waals surface area contributed by atoms with Crippen LogP contribution >= 0.6 is 0 Å². The van der Waals surface area contributed by atoms with Crippen LogP contribution in [0.15, 0.2) is 47.2 Å². The van der Waals surface area contributed by atoms with Gasteiger partial charge in [-0.3, -0.25) is 19.3 Å². The van der Waals surface area contributed by atoms with Crippen molar-refractivity contribution in [2.45, 2.75) is 50.7 Å². The molecule has 4 atom stereocenters. The zero-order chi connectivity index (χ0) is 31.9. The smallest absolute Gasteiger partial charge is 0.255 e. The summed E-state index contributed by atoms with van der Waals surface area (Å²) in [5, 5.41) is 46.3. The highest BCUT2D eigenvalue weighted by molar-refractivity contribution is 6.24. The van der Waals surface area contributed by atoms with E-state index in [1.165, 1.54) is 4.90 Å². The Bertz CT molecular complexity index is 1630. The van der Waals surface area contributed by atoms with Crippen LogP contribution in [0.4, 0.5) is 5.69 Å². The zero-order valence-electron chi connectivity index (χ0n) is 25.5. The molecule has 0 spiro atoms. The fourth-order valence-corrected chi connectivity index (χ4v) is 7.06. The second-order valence-electron chi connectivity index (χ2n) is 13.3. The number of aliphatic hydroxyl groups is 3. The van der Waals surface area contributed by atoms with Crippen molar-refractivity contribution in [3.8, 4) is 16.9 Å². The van der Waals surface area contributed by atoms with Crippen LogP contribution in [0.2, 0.25) is 0 Å². The van der Waals surface area contributed by atoms with Gasteiger partial charge in [0.15, 0.2) is 11.4 Å². The number of rotatable bonds is 4. The van der Waals surface area contributed by atoms with E-state index < -0.39 is 58.0 Å². The predicted molar refractivity (Wildman–Crippen MR) is 163 cm³/mol. The van der Waals surface area contributed by atoms with Gasteiger partial charge >= 0.3 is 0 Å². The Morgan fingerprint density at radius 2 is 1.63 bits per heavy atom. The highest BCUT2D eigenvalue weighted by atomic mass is 16.3. The summed E-state index contributed by atoms with van der Waals surface area (Å²) in [6.07, 6.45) is 0.258. The number of carbonyl (C=O) groups is 3. The van der Waals surface area contributed by atoms with E-state index in [0.717, 1.165) is 11.3 Å². The molecule has 0 radical (unpaired) electrons. The third-order valence-electron chi connectivity index (χ3n) is 9.24. The number of hydrogen-bond acceptors (Lipinski definition) is 9. The number of benzene rings is 2. The molecule has 0 aliphatic heterocycles. The predicted octanol–water partition coefficient (Wildman–Crippen LogP) is 2.99. The van der Waals surface area contributed by atoms with E-state index in [1.54, 1.807) is 14.1 Å². The molecule has 0 unspecified atom stereocenters. The summed E-state index contributed by atoms with van der Waals surface area (Å²) >= 11 is 0. The van der Waals surface area contributed by atoms with Crippen molar-refractivity contribution in [1.29, 1.82) is 0 Å². The summed E-state index contributed by atoms with van der Waals surface area (Å²) in [6, 6.07) is 8.47. The maximum absolute atomic E-state index is 14.2. The Balaban J connectivity index is 1.74. The molecule has 2 aromatic rings. The van der Waals surface area contributed by atoms with Gasteiger partial charge in [0.1, 0.15) is 22.8 Å². The number of Topliss-reactive ketones (excluding diaryl/α,β-unsaturated/α-hetero) is 2. The number of likely N-dealkylation sites (N-methyl/N-ethyl adjacent to an activating group) is 1. The Morgan fingerprint density at radius 1 is 1.02 bits per heavy atom. The van der Waals surface area contributed by atoms with Crippen LogP contribution in [0.5, 0.6) is 5.75 Å². The molecule has 10 heteroatoms. The summed E-state index contributed by atoms with van der Waals surface area (Å²) in [5.74, 6) is -6.67. The van der Waals surface area contributed by atoms with Gasteiger partial charge in [-0.15, -0.1) is 0 Å². The molecule has 1 saturated carbocycles. The molecule has 1 amide bonds. The first kappa shape index (κ1) is 30.3. The van der Waals surface area contributed by atoms with Gasteiger partial charge in [0.05, 0.1) is 11.6 Å². The van der Waals surface area contributed by atoms with Crippen LogP contribution in [0.3, 0.4) is 0 Å². The highest BCUT2D eigenvalue weighted by Gasteiger charge is 2.64. The molecule has 0 aromatic heterocycles. The fourth-order valence-electron chi connectivity index (χ4n) is 7.06. The van der Waals surface area contributed by atoms with E-state index in [4.69, 9.17) is 5.73 Å². The molecular weight excluding hydrogens is 550 g/mol. The number of ketones is 2. The molecule has 10 nitrogen and oxygen atoms in total. The molecule has 6 N–H and O–H groups in total. The van der Waals surface area contributed by atoms with Crippen LogP contribution in [0.1, 0.15) is 43.9 Å². The first-order chi connectivity index (χ1) is 19.9. The van der Waals surface area contributed by atoms with Gasteiger partial charge in [0, 0.05) is 36.8 Å². The number of phenolic OH excluding ortho intramolecular Hbond substituents is 1. The first-order valence-corrected chi connectivity index (χ1v) is 14.2. The average molecular weight is 590 g/mol. The van der Waals surface area contributed by atoms with Crippen LogP contribution in [-0.2, 0) is 26.2 Å². The van der Waals surface area contributed by atoms with Crippen LogP contribution in [0, 0.1) is 11.8 Å². The maximum Gasteiger partial charge on any atom is 0.255 e. The lowest BCUT2D eigenvalue weighted by Crippen LogP contribution is -2.65. The molecule has 1 fully saturated rings. The SMILES string of the molecule is CN(C)c1cc(-c2ccc(C(C)(C)C)cc2)c(O)c2c1C[C@H]1C[C@@H]3[C@H](N(C)C)C(=O)C(C(N)=O)=C(O)[C@@]3(O)C(=O)C1=C2O. The summed E-state index contributed by atoms with van der Waals surface area (Å²) in [6.45, 7) is 6.31. The average Bonchev–Trinajstić information content (AvgIpc) is 2.90. The number of primary amides is 1. The van der Waals surface area contributed by atoms with Gasteiger partial charge in [0.2, 0.25) is 5.78 Å². The molecule has 5 rings (SSSR count). The largest absolute Gasteiger partial charge is 0.508 e. The minimum absolute atomic E-state index is 0.0371. The third-order valence-corrected chi connectivity index (χ3v) is 9.24. The van der Waals surface area contributed by atoms with E-state index >= 15 is 0 Å². The van der Waals surface area contributed by atoms with Gasteiger partial charge in [-0.05, 0) is 61.0 Å². The number of nitrogens with zero attached hydrogens (tertiary/aromatic N) is 2. The lowest BCUT2D eigenvalue weighted by atomic mass is 9.57. The number of carbonyl (C=O) groups excluding carboxylic acids is 3. The van der Waals surface area contributed by atoms with Crippen molar-refractivity contribution < 1.29 is 34.8 Å². The molecule has 2 aromatic carbocycles. The van der Waals surface area contributed by atoms with Crippen LogP contribution in [0.25, 0.3) is 16.9 Å². The summed E-state index contributed by atoms with van der Waals surface area (Å²) < 4.78 is 0. The van der Waals surface area contributed by atoms with Gasteiger partial charge in [-0.1, -0.05) is 45.0 Å². The topological polar surface area (TPSA) is 165 Å². The first-order valence-electron chi connectivity index (χ1n) is 14.2. The Hall–Kier alpha value is -4.15.